The predicted molar refractivity (Wildman–Crippen MR) is 87.7 cm³/mol. The number of hydrogen-bond donors (Lipinski definition) is 3. The highest BCUT2D eigenvalue weighted by Crippen LogP contribution is 2.20. The van der Waals surface area contributed by atoms with Gasteiger partial charge in [-0.2, -0.15) is 0 Å². The number of aromatic hydroxyl groups is 1. The van der Waals surface area contributed by atoms with Gasteiger partial charge in [0.1, 0.15) is 5.75 Å². The van der Waals surface area contributed by atoms with Crippen molar-refractivity contribution in [1.29, 1.82) is 0 Å². The fourth-order valence-corrected chi connectivity index (χ4v) is 2.48. The summed E-state index contributed by atoms with van der Waals surface area (Å²) < 4.78 is 5.33. The molecule has 0 bridgehead atoms. The summed E-state index contributed by atoms with van der Waals surface area (Å²) in [5.41, 5.74) is 3.21. The molecule has 1 heterocycles. The zero-order valence-corrected chi connectivity index (χ0v) is 13.0. The molecule has 2 amide bonds. The number of nitrogens with one attached hydrogen (secondary N) is 2. The molecule has 0 saturated heterocycles. The van der Waals surface area contributed by atoms with Crippen molar-refractivity contribution >= 4 is 11.8 Å². The van der Waals surface area contributed by atoms with Gasteiger partial charge in [-0.3, -0.25) is 9.59 Å². The van der Waals surface area contributed by atoms with Gasteiger partial charge in [0.05, 0.1) is 13.2 Å². The Morgan fingerprint density at radius 2 is 1.46 bits per heavy atom. The SMILES string of the molecule is O=C(NCCNC(=O)c1ccc2c(c1)COC2)c1ccc(O)cc1. The first kappa shape index (κ1) is 16.0. The Bertz CT molecular complexity index is 756. The van der Waals surface area contributed by atoms with Crippen LogP contribution in [-0.4, -0.2) is 30.0 Å². The molecule has 0 spiro atoms. The summed E-state index contributed by atoms with van der Waals surface area (Å²) >= 11 is 0. The zero-order valence-electron chi connectivity index (χ0n) is 13.0. The normalized spacial score (nSPS) is 12.5. The van der Waals surface area contributed by atoms with Crippen LogP contribution in [0.25, 0.3) is 0 Å². The van der Waals surface area contributed by atoms with Gasteiger partial charge in [-0.1, -0.05) is 6.07 Å². The number of carbonyl (C=O) groups is 2. The summed E-state index contributed by atoms with van der Waals surface area (Å²) in [4.78, 5) is 24.0. The molecule has 0 saturated carbocycles. The number of phenolic OH excluding ortho intramolecular Hbond substituents is 1. The van der Waals surface area contributed by atoms with Crippen LogP contribution in [0.1, 0.15) is 31.8 Å². The smallest absolute Gasteiger partial charge is 0.251 e. The van der Waals surface area contributed by atoms with Crippen LogP contribution in [0.3, 0.4) is 0 Å². The first-order valence-corrected chi connectivity index (χ1v) is 7.68. The topological polar surface area (TPSA) is 87.7 Å². The fourth-order valence-electron chi connectivity index (χ4n) is 2.48. The molecule has 24 heavy (non-hydrogen) atoms. The first-order valence-electron chi connectivity index (χ1n) is 7.68. The van der Waals surface area contributed by atoms with Crippen LogP contribution in [0.2, 0.25) is 0 Å². The van der Waals surface area contributed by atoms with E-state index < -0.39 is 0 Å². The lowest BCUT2D eigenvalue weighted by molar-refractivity contribution is 0.0927. The Morgan fingerprint density at radius 1 is 0.875 bits per heavy atom. The van der Waals surface area contributed by atoms with Crippen molar-refractivity contribution in [3.63, 3.8) is 0 Å². The number of ether oxygens (including phenoxy) is 1. The standard InChI is InChI=1S/C18H18N2O4/c21-16-5-3-12(4-6-16)17(22)19-7-8-20-18(23)13-1-2-14-10-24-11-15(14)9-13/h1-6,9,21H,7-8,10-11H2,(H,19,22)(H,20,23). The monoisotopic (exact) mass is 326 g/mol. The van der Waals surface area contributed by atoms with Crippen molar-refractivity contribution in [2.75, 3.05) is 13.1 Å². The number of phenols is 1. The molecular weight excluding hydrogens is 308 g/mol. The van der Waals surface area contributed by atoms with Crippen molar-refractivity contribution in [3.8, 4) is 5.75 Å². The molecule has 0 fully saturated rings. The average Bonchev–Trinajstić information content (AvgIpc) is 3.06. The first-order chi connectivity index (χ1) is 11.6. The molecule has 3 rings (SSSR count). The second-order valence-corrected chi connectivity index (χ2v) is 5.53. The molecule has 0 aromatic heterocycles. The number of amides is 2. The van der Waals surface area contributed by atoms with E-state index in [0.29, 0.717) is 37.4 Å². The van der Waals surface area contributed by atoms with Crippen LogP contribution in [-0.2, 0) is 18.0 Å². The van der Waals surface area contributed by atoms with E-state index in [2.05, 4.69) is 10.6 Å². The van der Waals surface area contributed by atoms with E-state index in [1.807, 2.05) is 12.1 Å². The Morgan fingerprint density at radius 3 is 2.17 bits per heavy atom. The summed E-state index contributed by atoms with van der Waals surface area (Å²) in [7, 11) is 0. The number of hydrogen-bond acceptors (Lipinski definition) is 4. The van der Waals surface area contributed by atoms with Crippen molar-refractivity contribution in [1.82, 2.24) is 10.6 Å². The minimum Gasteiger partial charge on any atom is -0.508 e. The summed E-state index contributed by atoms with van der Waals surface area (Å²) in [5, 5.41) is 14.7. The summed E-state index contributed by atoms with van der Waals surface area (Å²) in [6.07, 6.45) is 0. The Balaban J connectivity index is 1.45. The highest BCUT2D eigenvalue weighted by atomic mass is 16.5. The van der Waals surface area contributed by atoms with Gasteiger partial charge in [-0.05, 0) is 47.5 Å². The maximum Gasteiger partial charge on any atom is 0.251 e. The second kappa shape index (κ2) is 7.14. The van der Waals surface area contributed by atoms with Gasteiger partial charge in [-0.25, -0.2) is 0 Å². The lowest BCUT2D eigenvalue weighted by Gasteiger charge is -2.08. The highest BCUT2D eigenvalue weighted by molar-refractivity contribution is 5.95. The molecule has 0 aliphatic carbocycles. The van der Waals surface area contributed by atoms with Crippen LogP contribution in [0.15, 0.2) is 42.5 Å². The van der Waals surface area contributed by atoms with Gasteiger partial charge in [0.25, 0.3) is 11.8 Å². The molecule has 2 aromatic carbocycles. The summed E-state index contributed by atoms with van der Waals surface area (Å²) in [6.45, 7) is 1.79. The fraction of sp³-hybridized carbons (Fsp3) is 0.222. The third-order valence-electron chi connectivity index (χ3n) is 3.81. The van der Waals surface area contributed by atoms with Crippen LogP contribution in [0.4, 0.5) is 0 Å². The van der Waals surface area contributed by atoms with E-state index in [9.17, 15) is 14.7 Å². The van der Waals surface area contributed by atoms with Crippen molar-refractivity contribution in [2.24, 2.45) is 0 Å². The quantitative estimate of drug-likeness (QED) is 0.728. The van der Waals surface area contributed by atoms with E-state index >= 15 is 0 Å². The van der Waals surface area contributed by atoms with Crippen molar-refractivity contribution in [2.45, 2.75) is 13.2 Å². The maximum absolute atomic E-state index is 12.1. The molecule has 0 radical (unpaired) electrons. The van der Waals surface area contributed by atoms with Crippen LogP contribution >= 0.6 is 0 Å². The van der Waals surface area contributed by atoms with Crippen LogP contribution < -0.4 is 10.6 Å². The number of rotatable bonds is 5. The number of benzene rings is 2. The molecule has 124 valence electrons. The molecule has 6 nitrogen and oxygen atoms in total. The van der Waals surface area contributed by atoms with E-state index in [0.717, 1.165) is 11.1 Å². The Hall–Kier alpha value is -2.86. The Kier molecular flexibility index (Phi) is 4.77. The van der Waals surface area contributed by atoms with Gasteiger partial charge in [0.2, 0.25) is 0 Å². The molecule has 1 aliphatic heterocycles. The van der Waals surface area contributed by atoms with Gasteiger partial charge in [-0.15, -0.1) is 0 Å². The van der Waals surface area contributed by atoms with Gasteiger partial charge >= 0.3 is 0 Å². The predicted octanol–water partition coefficient (Wildman–Crippen LogP) is 1.58. The van der Waals surface area contributed by atoms with Gasteiger partial charge in [0.15, 0.2) is 0 Å². The highest BCUT2D eigenvalue weighted by Gasteiger charge is 2.14. The lowest BCUT2D eigenvalue weighted by Crippen LogP contribution is -2.34. The van der Waals surface area contributed by atoms with Crippen molar-refractivity contribution < 1.29 is 19.4 Å². The summed E-state index contributed by atoms with van der Waals surface area (Å²) in [6, 6.07) is 11.5. The number of carbonyl (C=O) groups excluding carboxylic acids is 2. The zero-order chi connectivity index (χ0) is 16.9. The lowest BCUT2D eigenvalue weighted by atomic mass is 10.1. The molecule has 2 aromatic rings. The third kappa shape index (κ3) is 3.72. The number of fused-ring (bicyclic) bond motifs is 1. The van der Waals surface area contributed by atoms with Crippen LogP contribution in [0.5, 0.6) is 5.75 Å². The largest absolute Gasteiger partial charge is 0.508 e. The van der Waals surface area contributed by atoms with Gasteiger partial charge < -0.3 is 20.5 Å². The molecule has 0 unspecified atom stereocenters. The van der Waals surface area contributed by atoms with Crippen molar-refractivity contribution in [3.05, 3.63) is 64.7 Å². The molecule has 0 atom stereocenters. The summed E-state index contributed by atoms with van der Waals surface area (Å²) in [5.74, 6) is -0.318. The molecular formula is C18H18N2O4. The maximum atomic E-state index is 12.1. The van der Waals surface area contributed by atoms with E-state index in [4.69, 9.17) is 4.74 Å². The minimum atomic E-state index is -0.251. The average molecular weight is 326 g/mol. The van der Waals surface area contributed by atoms with E-state index in [1.165, 1.54) is 24.3 Å². The van der Waals surface area contributed by atoms with Gasteiger partial charge in [0, 0.05) is 24.2 Å². The van der Waals surface area contributed by atoms with E-state index in [1.54, 1.807) is 6.07 Å². The third-order valence-corrected chi connectivity index (χ3v) is 3.81. The Labute approximate surface area is 139 Å². The second-order valence-electron chi connectivity index (χ2n) is 5.53. The van der Waals surface area contributed by atoms with E-state index in [-0.39, 0.29) is 17.6 Å². The van der Waals surface area contributed by atoms with Crippen LogP contribution in [0, 0.1) is 0 Å². The molecule has 1 aliphatic rings. The molecule has 3 N–H and O–H groups in total. The molecule has 6 heteroatoms. The minimum absolute atomic E-state index is 0.110.